The van der Waals surface area contributed by atoms with Crippen molar-refractivity contribution < 1.29 is 9.59 Å². The first kappa shape index (κ1) is 24.3. The molecule has 6 heteroatoms. The Kier molecular flexibility index (Phi) is 7.21. The van der Waals surface area contributed by atoms with Gasteiger partial charge in [0, 0.05) is 50.6 Å². The van der Waals surface area contributed by atoms with Gasteiger partial charge in [-0.05, 0) is 55.2 Å². The van der Waals surface area contributed by atoms with Gasteiger partial charge in [0.15, 0.2) is 0 Å². The molecular weight excluding hydrogens is 448 g/mol. The second-order valence-electron chi connectivity index (χ2n) is 10.4. The van der Waals surface area contributed by atoms with E-state index in [9.17, 15) is 9.59 Å². The van der Waals surface area contributed by atoms with E-state index in [2.05, 4.69) is 58.9 Å². The normalized spacial score (nSPS) is 18.4. The van der Waals surface area contributed by atoms with E-state index in [0.717, 1.165) is 44.5 Å². The molecule has 2 amide bonds. The predicted molar refractivity (Wildman–Crippen MR) is 140 cm³/mol. The number of amides is 2. The Morgan fingerprint density at radius 2 is 1.64 bits per heavy atom. The SMILES string of the molecule is Cc1ccn(CCC(=O)N2CCC3(CC2)C[C@H]3C(=O)NCCC(c2ccccc2)c2ccccc2)n1. The van der Waals surface area contributed by atoms with Gasteiger partial charge in [0.25, 0.3) is 0 Å². The van der Waals surface area contributed by atoms with Gasteiger partial charge in [0.2, 0.25) is 11.8 Å². The van der Waals surface area contributed by atoms with Crippen LogP contribution in [0.5, 0.6) is 0 Å². The third kappa shape index (κ3) is 5.53. The van der Waals surface area contributed by atoms with E-state index in [1.54, 1.807) is 0 Å². The zero-order chi connectivity index (χ0) is 25.0. The van der Waals surface area contributed by atoms with Gasteiger partial charge in [-0.15, -0.1) is 0 Å². The van der Waals surface area contributed by atoms with Crippen molar-refractivity contribution in [3.05, 3.63) is 89.7 Å². The van der Waals surface area contributed by atoms with Gasteiger partial charge >= 0.3 is 0 Å². The molecule has 1 spiro atoms. The largest absolute Gasteiger partial charge is 0.356 e. The molecule has 0 unspecified atom stereocenters. The second kappa shape index (κ2) is 10.7. The average Bonchev–Trinajstić information content (AvgIpc) is 3.45. The topological polar surface area (TPSA) is 67.2 Å². The zero-order valence-electron chi connectivity index (χ0n) is 21.1. The molecule has 1 saturated carbocycles. The summed E-state index contributed by atoms with van der Waals surface area (Å²) < 4.78 is 1.83. The Labute approximate surface area is 213 Å². The van der Waals surface area contributed by atoms with Gasteiger partial charge in [-0.3, -0.25) is 14.3 Å². The highest BCUT2D eigenvalue weighted by Gasteiger charge is 2.58. The smallest absolute Gasteiger partial charge is 0.224 e. The van der Waals surface area contributed by atoms with Crippen molar-refractivity contribution in [1.29, 1.82) is 0 Å². The average molecular weight is 485 g/mol. The molecule has 6 nitrogen and oxygen atoms in total. The highest BCUT2D eigenvalue weighted by Crippen LogP contribution is 2.59. The molecule has 5 rings (SSSR count). The van der Waals surface area contributed by atoms with Gasteiger partial charge in [-0.1, -0.05) is 60.7 Å². The minimum absolute atomic E-state index is 0.0914. The summed E-state index contributed by atoms with van der Waals surface area (Å²) in [5, 5.41) is 7.59. The van der Waals surface area contributed by atoms with Crippen LogP contribution in [0.3, 0.4) is 0 Å². The highest BCUT2D eigenvalue weighted by molar-refractivity contribution is 5.83. The number of aryl methyl sites for hydroxylation is 2. The lowest BCUT2D eigenvalue weighted by atomic mass is 9.88. The summed E-state index contributed by atoms with van der Waals surface area (Å²) >= 11 is 0. The summed E-state index contributed by atoms with van der Waals surface area (Å²) in [6.07, 6.45) is 6.07. The molecule has 1 saturated heterocycles. The van der Waals surface area contributed by atoms with Crippen molar-refractivity contribution >= 4 is 11.8 Å². The van der Waals surface area contributed by atoms with Gasteiger partial charge in [-0.2, -0.15) is 5.10 Å². The fourth-order valence-electron chi connectivity index (χ4n) is 5.79. The number of piperidine rings is 1. The summed E-state index contributed by atoms with van der Waals surface area (Å²) in [7, 11) is 0. The Morgan fingerprint density at radius 3 is 2.22 bits per heavy atom. The third-order valence-corrected chi connectivity index (χ3v) is 8.08. The quantitative estimate of drug-likeness (QED) is 0.485. The van der Waals surface area contributed by atoms with E-state index < -0.39 is 0 Å². The molecule has 36 heavy (non-hydrogen) atoms. The van der Waals surface area contributed by atoms with Crippen LogP contribution in [0.15, 0.2) is 72.9 Å². The summed E-state index contributed by atoms with van der Waals surface area (Å²) in [6.45, 7) is 4.74. The van der Waals surface area contributed by atoms with Crippen LogP contribution < -0.4 is 5.32 Å². The minimum atomic E-state index is 0.0914. The Bertz CT molecular complexity index is 1130. The van der Waals surface area contributed by atoms with Crippen LogP contribution in [0.1, 0.15) is 54.8 Å². The molecule has 2 heterocycles. The molecule has 1 N–H and O–H groups in total. The van der Waals surface area contributed by atoms with Gasteiger partial charge in [0.1, 0.15) is 0 Å². The number of likely N-dealkylation sites (tertiary alicyclic amines) is 1. The predicted octanol–water partition coefficient (Wildman–Crippen LogP) is 4.55. The zero-order valence-corrected chi connectivity index (χ0v) is 21.1. The molecule has 0 radical (unpaired) electrons. The van der Waals surface area contributed by atoms with Crippen molar-refractivity contribution in [2.45, 2.75) is 51.5 Å². The highest BCUT2D eigenvalue weighted by atomic mass is 16.2. The van der Waals surface area contributed by atoms with E-state index in [0.29, 0.717) is 19.5 Å². The summed E-state index contributed by atoms with van der Waals surface area (Å²) in [5.41, 5.74) is 3.62. The van der Waals surface area contributed by atoms with Crippen molar-refractivity contribution in [2.75, 3.05) is 19.6 Å². The number of nitrogens with one attached hydrogen (secondary N) is 1. The van der Waals surface area contributed by atoms with Crippen LogP contribution >= 0.6 is 0 Å². The van der Waals surface area contributed by atoms with Crippen molar-refractivity contribution in [2.24, 2.45) is 11.3 Å². The summed E-state index contributed by atoms with van der Waals surface area (Å²) in [6, 6.07) is 23.0. The monoisotopic (exact) mass is 484 g/mol. The lowest BCUT2D eigenvalue weighted by Crippen LogP contribution is -2.41. The van der Waals surface area contributed by atoms with E-state index in [-0.39, 0.29) is 29.1 Å². The molecule has 1 atom stereocenters. The van der Waals surface area contributed by atoms with Crippen LogP contribution in [-0.2, 0) is 16.1 Å². The van der Waals surface area contributed by atoms with E-state index in [1.165, 1.54) is 11.1 Å². The van der Waals surface area contributed by atoms with Gasteiger partial charge in [-0.25, -0.2) is 0 Å². The van der Waals surface area contributed by atoms with Crippen LogP contribution in [0, 0.1) is 18.3 Å². The molecule has 1 aromatic heterocycles. The number of nitrogens with zero attached hydrogens (tertiary/aromatic N) is 3. The second-order valence-corrected chi connectivity index (χ2v) is 10.4. The van der Waals surface area contributed by atoms with Gasteiger partial charge < -0.3 is 10.2 Å². The number of hydrogen-bond acceptors (Lipinski definition) is 3. The Balaban J connectivity index is 1.08. The minimum Gasteiger partial charge on any atom is -0.356 e. The fraction of sp³-hybridized carbons (Fsp3) is 0.433. The first-order chi connectivity index (χ1) is 17.5. The van der Waals surface area contributed by atoms with Crippen molar-refractivity contribution in [3.63, 3.8) is 0 Å². The molecule has 0 bridgehead atoms. The molecule has 1 aliphatic heterocycles. The van der Waals surface area contributed by atoms with Crippen LogP contribution in [0.25, 0.3) is 0 Å². The Morgan fingerprint density at radius 1 is 1.00 bits per heavy atom. The van der Waals surface area contributed by atoms with Crippen LogP contribution in [0.2, 0.25) is 0 Å². The van der Waals surface area contributed by atoms with Crippen molar-refractivity contribution in [3.8, 4) is 0 Å². The number of carbonyl (C=O) groups excluding carboxylic acids is 2. The summed E-state index contributed by atoms with van der Waals surface area (Å²) in [5.74, 6) is 0.727. The molecule has 3 aromatic rings. The molecule has 2 fully saturated rings. The van der Waals surface area contributed by atoms with Gasteiger partial charge in [0.05, 0.1) is 5.69 Å². The van der Waals surface area contributed by atoms with Crippen LogP contribution in [0.4, 0.5) is 0 Å². The van der Waals surface area contributed by atoms with Crippen LogP contribution in [-0.4, -0.2) is 46.1 Å². The van der Waals surface area contributed by atoms with E-state index >= 15 is 0 Å². The number of aromatic nitrogens is 2. The number of carbonyl (C=O) groups is 2. The van der Waals surface area contributed by atoms with Crippen molar-refractivity contribution in [1.82, 2.24) is 20.0 Å². The maximum Gasteiger partial charge on any atom is 0.224 e. The molecule has 188 valence electrons. The Hall–Kier alpha value is -3.41. The number of benzene rings is 2. The third-order valence-electron chi connectivity index (χ3n) is 8.08. The maximum absolute atomic E-state index is 13.0. The van der Waals surface area contributed by atoms with E-state index in [1.807, 2.05) is 40.9 Å². The molecule has 2 aromatic carbocycles. The molecular formula is C30H36N4O2. The fourth-order valence-corrected chi connectivity index (χ4v) is 5.79. The number of rotatable bonds is 9. The molecule has 2 aliphatic rings. The lowest BCUT2D eigenvalue weighted by molar-refractivity contribution is -0.133. The molecule has 1 aliphatic carbocycles. The van der Waals surface area contributed by atoms with E-state index in [4.69, 9.17) is 0 Å². The summed E-state index contributed by atoms with van der Waals surface area (Å²) in [4.78, 5) is 27.6. The lowest BCUT2D eigenvalue weighted by Gasteiger charge is -2.33. The number of hydrogen-bond donors (Lipinski definition) is 1. The first-order valence-electron chi connectivity index (χ1n) is 13.2. The standard InChI is InChI=1S/C30H36N4O2/c1-23-13-18-34(32-23)19-14-28(35)33-20-15-30(16-21-33)22-27(30)29(36)31-17-12-26(24-8-4-2-5-9-24)25-10-6-3-7-11-25/h2-11,13,18,26-27H,12,14-17,19-22H2,1H3,(H,31,36)/t27-/m0/s1. The maximum atomic E-state index is 13.0. The first-order valence-corrected chi connectivity index (χ1v) is 13.2.